The van der Waals surface area contributed by atoms with Crippen LogP contribution in [0.1, 0.15) is 55.5 Å². The number of aryl methyl sites for hydroxylation is 1. The summed E-state index contributed by atoms with van der Waals surface area (Å²) in [4.78, 5) is 21.8. The summed E-state index contributed by atoms with van der Waals surface area (Å²) in [6.45, 7) is 6.98. The van der Waals surface area contributed by atoms with E-state index in [9.17, 15) is 9.18 Å². The molecule has 37 heavy (non-hydrogen) atoms. The van der Waals surface area contributed by atoms with Crippen molar-refractivity contribution in [3.8, 4) is 17.0 Å². The third kappa shape index (κ3) is 5.90. The third-order valence-corrected chi connectivity index (χ3v) is 6.70. The van der Waals surface area contributed by atoms with Gasteiger partial charge in [-0.05, 0) is 61.2 Å². The van der Waals surface area contributed by atoms with Crippen molar-refractivity contribution in [2.24, 2.45) is 5.92 Å². The highest BCUT2D eigenvalue weighted by molar-refractivity contribution is 5.96. The number of methoxy groups -OCH3 is 1. The molecule has 0 aliphatic carbocycles. The van der Waals surface area contributed by atoms with E-state index in [4.69, 9.17) is 4.74 Å². The number of aromatic nitrogens is 3. The monoisotopic (exact) mass is 503 g/mol. The predicted molar refractivity (Wildman–Crippen MR) is 145 cm³/mol. The van der Waals surface area contributed by atoms with Gasteiger partial charge < -0.3 is 15.4 Å². The maximum atomic E-state index is 14.3. The molecule has 2 aromatic carbocycles. The first-order valence-corrected chi connectivity index (χ1v) is 12.8. The van der Waals surface area contributed by atoms with Crippen LogP contribution in [-0.4, -0.2) is 33.9 Å². The summed E-state index contributed by atoms with van der Waals surface area (Å²) in [5.74, 6) is 0.763. The van der Waals surface area contributed by atoms with Gasteiger partial charge in [-0.25, -0.2) is 14.4 Å². The van der Waals surface area contributed by atoms with Crippen molar-refractivity contribution < 1.29 is 13.9 Å². The van der Waals surface area contributed by atoms with E-state index in [1.807, 2.05) is 29.5 Å². The number of nitrogens with one attached hydrogen (secondary N) is 2. The molecule has 1 unspecified atom stereocenters. The maximum absolute atomic E-state index is 14.3. The lowest BCUT2D eigenvalue weighted by atomic mass is 9.99. The molecule has 0 fully saturated rings. The fourth-order valence-corrected chi connectivity index (χ4v) is 4.46. The number of rotatable bonds is 11. The van der Waals surface area contributed by atoms with Gasteiger partial charge in [-0.1, -0.05) is 33.1 Å². The number of amides is 1. The number of anilines is 2. The zero-order valence-corrected chi connectivity index (χ0v) is 21.8. The van der Waals surface area contributed by atoms with Gasteiger partial charge in [0, 0.05) is 35.8 Å². The molecule has 2 N–H and O–H groups in total. The lowest BCUT2D eigenvalue weighted by molar-refractivity contribution is 0.0945. The molecule has 1 atom stereocenters. The number of unbranched alkanes of at least 4 members (excludes halogenated alkanes) is 1. The van der Waals surface area contributed by atoms with Crippen molar-refractivity contribution in [1.29, 1.82) is 0 Å². The van der Waals surface area contributed by atoms with E-state index >= 15 is 0 Å². The van der Waals surface area contributed by atoms with Crippen LogP contribution < -0.4 is 15.4 Å². The van der Waals surface area contributed by atoms with E-state index in [0.717, 1.165) is 29.8 Å². The maximum Gasteiger partial charge on any atom is 0.251 e. The van der Waals surface area contributed by atoms with Crippen LogP contribution in [0.3, 0.4) is 0 Å². The average Bonchev–Trinajstić information content (AvgIpc) is 3.34. The highest BCUT2D eigenvalue weighted by atomic mass is 19.1. The molecular weight excluding hydrogens is 469 g/mol. The summed E-state index contributed by atoms with van der Waals surface area (Å²) in [6, 6.07) is 10.4. The SMILES string of the molecule is CCCCC(CC)CNC(=O)c1ccc(Nc2nccn3c(-c4ccc(OC)c(F)c4)cnc23)cc1C. The van der Waals surface area contributed by atoms with Crippen LogP contribution in [0.2, 0.25) is 0 Å². The van der Waals surface area contributed by atoms with Gasteiger partial charge >= 0.3 is 0 Å². The Labute approximate surface area is 217 Å². The van der Waals surface area contributed by atoms with Gasteiger partial charge in [0.1, 0.15) is 0 Å². The standard InChI is InChI=1S/C29H34FN5O2/c1-5-7-8-20(6-2)17-33-29(36)23-11-10-22(15-19(23)3)34-27-28-32-18-25(35(28)14-13-31-27)21-9-12-26(37-4)24(30)16-21/h9-16,18,20H,5-8,17H2,1-4H3,(H,31,34)(H,33,36). The third-order valence-electron chi connectivity index (χ3n) is 6.70. The topological polar surface area (TPSA) is 80.6 Å². The largest absolute Gasteiger partial charge is 0.494 e. The Morgan fingerprint density at radius 3 is 2.70 bits per heavy atom. The Bertz CT molecular complexity index is 1380. The Kier molecular flexibility index (Phi) is 8.38. The van der Waals surface area contributed by atoms with E-state index in [1.54, 1.807) is 30.7 Å². The number of hydrogen-bond acceptors (Lipinski definition) is 5. The normalized spacial score (nSPS) is 11.9. The van der Waals surface area contributed by atoms with Crippen LogP contribution >= 0.6 is 0 Å². The minimum absolute atomic E-state index is 0.0520. The number of nitrogens with zero attached hydrogens (tertiary/aromatic N) is 3. The van der Waals surface area contributed by atoms with Crippen molar-refractivity contribution in [3.63, 3.8) is 0 Å². The van der Waals surface area contributed by atoms with E-state index in [2.05, 4.69) is 34.4 Å². The van der Waals surface area contributed by atoms with E-state index in [0.29, 0.717) is 35.1 Å². The lowest BCUT2D eigenvalue weighted by Gasteiger charge is -2.16. The molecule has 7 nitrogen and oxygen atoms in total. The van der Waals surface area contributed by atoms with Gasteiger partial charge in [-0.3, -0.25) is 9.20 Å². The fraction of sp³-hybridized carbons (Fsp3) is 0.345. The molecule has 0 bridgehead atoms. The quantitative estimate of drug-likeness (QED) is 0.243. The van der Waals surface area contributed by atoms with Crippen LogP contribution in [0, 0.1) is 18.7 Å². The Hall–Kier alpha value is -3.94. The van der Waals surface area contributed by atoms with Crippen molar-refractivity contribution >= 4 is 23.1 Å². The molecule has 0 aliphatic heterocycles. The minimum Gasteiger partial charge on any atom is -0.494 e. The van der Waals surface area contributed by atoms with Gasteiger partial charge in [0.2, 0.25) is 0 Å². The Balaban J connectivity index is 1.51. The fourth-order valence-electron chi connectivity index (χ4n) is 4.46. The molecule has 4 aromatic rings. The molecule has 2 aromatic heterocycles. The van der Waals surface area contributed by atoms with E-state index in [1.165, 1.54) is 26.0 Å². The summed E-state index contributed by atoms with van der Waals surface area (Å²) in [5.41, 5.74) is 4.33. The number of hydrogen-bond donors (Lipinski definition) is 2. The van der Waals surface area contributed by atoms with Crippen molar-refractivity contribution in [1.82, 2.24) is 19.7 Å². The zero-order chi connectivity index (χ0) is 26.4. The molecular formula is C29H34FN5O2. The van der Waals surface area contributed by atoms with Crippen LogP contribution in [0.25, 0.3) is 16.9 Å². The second kappa shape index (κ2) is 11.9. The van der Waals surface area contributed by atoms with Crippen molar-refractivity contribution in [3.05, 3.63) is 71.9 Å². The van der Waals surface area contributed by atoms with E-state index < -0.39 is 5.82 Å². The number of fused-ring (bicyclic) bond motifs is 1. The molecule has 8 heteroatoms. The van der Waals surface area contributed by atoms with Gasteiger partial charge in [-0.2, -0.15) is 0 Å². The van der Waals surface area contributed by atoms with Crippen LogP contribution in [-0.2, 0) is 0 Å². The van der Waals surface area contributed by atoms with Gasteiger partial charge in [0.25, 0.3) is 5.91 Å². The smallest absolute Gasteiger partial charge is 0.251 e. The molecule has 0 radical (unpaired) electrons. The van der Waals surface area contributed by atoms with Crippen LogP contribution in [0.5, 0.6) is 5.75 Å². The molecule has 2 heterocycles. The lowest BCUT2D eigenvalue weighted by Crippen LogP contribution is -2.29. The van der Waals surface area contributed by atoms with E-state index in [-0.39, 0.29) is 11.7 Å². The second-order valence-electron chi connectivity index (χ2n) is 9.24. The number of carbonyl (C=O) groups is 1. The molecule has 194 valence electrons. The summed E-state index contributed by atoms with van der Waals surface area (Å²) in [7, 11) is 1.44. The summed E-state index contributed by atoms with van der Waals surface area (Å²) < 4.78 is 21.2. The number of halogens is 1. The highest BCUT2D eigenvalue weighted by Crippen LogP contribution is 2.28. The van der Waals surface area contributed by atoms with Crippen LogP contribution in [0.15, 0.2) is 55.0 Å². The number of carbonyl (C=O) groups excluding carboxylic acids is 1. The molecule has 0 aliphatic rings. The number of ether oxygens (including phenoxy) is 1. The van der Waals surface area contributed by atoms with Gasteiger partial charge in [0.15, 0.2) is 23.0 Å². The molecule has 0 saturated carbocycles. The Morgan fingerprint density at radius 1 is 1.16 bits per heavy atom. The summed E-state index contributed by atoms with van der Waals surface area (Å²) in [6.07, 6.45) is 9.68. The first-order valence-electron chi connectivity index (χ1n) is 12.8. The van der Waals surface area contributed by atoms with Gasteiger partial charge in [0.05, 0.1) is 19.0 Å². The number of imidazole rings is 1. The molecule has 4 rings (SSSR count). The van der Waals surface area contributed by atoms with Crippen LogP contribution in [0.4, 0.5) is 15.9 Å². The summed E-state index contributed by atoms with van der Waals surface area (Å²) in [5, 5.41) is 6.41. The van der Waals surface area contributed by atoms with Crippen molar-refractivity contribution in [2.75, 3.05) is 19.0 Å². The van der Waals surface area contributed by atoms with Crippen molar-refractivity contribution in [2.45, 2.75) is 46.5 Å². The Morgan fingerprint density at radius 2 is 2.00 bits per heavy atom. The predicted octanol–water partition coefficient (Wildman–Crippen LogP) is 6.54. The number of benzene rings is 2. The molecule has 0 spiro atoms. The first-order chi connectivity index (χ1) is 17.9. The summed E-state index contributed by atoms with van der Waals surface area (Å²) >= 11 is 0. The zero-order valence-electron chi connectivity index (χ0n) is 21.8. The van der Waals surface area contributed by atoms with Gasteiger partial charge in [-0.15, -0.1) is 0 Å². The highest BCUT2D eigenvalue weighted by Gasteiger charge is 2.15. The average molecular weight is 504 g/mol. The minimum atomic E-state index is -0.437. The first kappa shape index (κ1) is 26.1. The second-order valence-corrected chi connectivity index (χ2v) is 9.24. The molecule has 0 saturated heterocycles. The molecule has 1 amide bonds.